The maximum absolute atomic E-state index is 11.7. The number of nitrogens with one attached hydrogen (secondary N) is 1. The third kappa shape index (κ3) is 4.57. The highest BCUT2D eigenvalue weighted by Gasteiger charge is 2.36. The van der Waals surface area contributed by atoms with E-state index in [1.165, 1.54) is 25.8 Å². The van der Waals surface area contributed by atoms with Crippen molar-refractivity contribution < 1.29 is 4.79 Å². The molecular weight excluding hydrogens is 273 g/mol. The van der Waals surface area contributed by atoms with Crippen LogP contribution in [0, 0.1) is 0 Å². The molecule has 3 atom stereocenters. The van der Waals surface area contributed by atoms with Gasteiger partial charge in [0.05, 0.1) is 0 Å². The van der Waals surface area contributed by atoms with Crippen molar-refractivity contribution in [2.24, 2.45) is 5.73 Å². The Balaban J connectivity index is 0.00000144. The van der Waals surface area contributed by atoms with Crippen LogP contribution in [0.1, 0.15) is 39.0 Å². The maximum Gasteiger partial charge on any atom is 0.221 e. The van der Waals surface area contributed by atoms with Crippen molar-refractivity contribution >= 4 is 30.7 Å². The van der Waals surface area contributed by atoms with Crippen molar-refractivity contribution in [1.29, 1.82) is 0 Å². The van der Waals surface area contributed by atoms with Crippen LogP contribution in [0.4, 0.5) is 0 Å². The summed E-state index contributed by atoms with van der Waals surface area (Å²) in [4.78, 5) is 14.2. The molecular formula is C12H25Cl2N3O. The molecule has 0 spiro atoms. The fourth-order valence-corrected chi connectivity index (χ4v) is 2.97. The summed E-state index contributed by atoms with van der Waals surface area (Å²) < 4.78 is 0. The zero-order chi connectivity index (χ0) is 11.5. The molecule has 0 saturated carbocycles. The molecule has 0 radical (unpaired) electrons. The SMILES string of the molecule is CC(N)CC(=O)NC1CCN2CCCCC12.Cl.Cl. The number of nitrogens with zero attached hydrogens (tertiary/aromatic N) is 1. The van der Waals surface area contributed by atoms with Gasteiger partial charge in [-0.15, -0.1) is 24.8 Å². The van der Waals surface area contributed by atoms with Crippen LogP contribution in [-0.2, 0) is 4.79 Å². The molecule has 2 aliphatic heterocycles. The highest BCUT2D eigenvalue weighted by Crippen LogP contribution is 2.27. The Kier molecular flexibility index (Phi) is 8.19. The molecule has 0 aromatic heterocycles. The highest BCUT2D eigenvalue weighted by molar-refractivity contribution is 5.85. The predicted octanol–water partition coefficient (Wildman–Crippen LogP) is 1.31. The Hall–Kier alpha value is -0.0300. The van der Waals surface area contributed by atoms with E-state index in [0.29, 0.717) is 18.5 Å². The topological polar surface area (TPSA) is 58.4 Å². The summed E-state index contributed by atoms with van der Waals surface area (Å²) in [6, 6.07) is 0.918. The molecule has 3 unspecified atom stereocenters. The molecule has 2 rings (SSSR count). The van der Waals surface area contributed by atoms with Gasteiger partial charge in [-0.1, -0.05) is 6.42 Å². The fraction of sp³-hybridized carbons (Fsp3) is 0.917. The van der Waals surface area contributed by atoms with E-state index in [4.69, 9.17) is 5.73 Å². The van der Waals surface area contributed by atoms with Crippen molar-refractivity contribution in [2.45, 2.75) is 57.2 Å². The molecule has 108 valence electrons. The smallest absolute Gasteiger partial charge is 0.221 e. The van der Waals surface area contributed by atoms with Gasteiger partial charge in [0.25, 0.3) is 0 Å². The first-order valence-electron chi connectivity index (χ1n) is 6.46. The van der Waals surface area contributed by atoms with Crippen molar-refractivity contribution in [1.82, 2.24) is 10.2 Å². The van der Waals surface area contributed by atoms with Crippen LogP contribution in [0.2, 0.25) is 0 Å². The first-order valence-corrected chi connectivity index (χ1v) is 6.46. The van der Waals surface area contributed by atoms with E-state index in [9.17, 15) is 4.79 Å². The summed E-state index contributed by atoms with van der Waals surface area (Å²) >= 11 is 0. The molecule has 1 amide bonds. The lowest BCUT2D eigenvalue weighted by atomic mass is 9.99. The number of nitrogens with two attached hydrogens (primary N) is 1. The third-order valence-corrected chi connectivity index (χ3v) is 3.71. The Labute approximate surface area is 122 Å². The molecule has 2 saturated heterocycles. The van der Waals surface area contributed by atoms with Crippen molar-refractivity contribution in [2.75, 3.05) is 13.1 Å². The van der Waals surface area contributed by atoms with Gasteiger partial charge < -0.3 is 11.1 Å². The van der Waals surface area contributed by atoms with Crippen LogP contribution in [-0.4, -0.2) is 42.0 Å². The standard InChI is InChI=1S/C12H23N3O.2ClH/c1-9(13)8-12(16)14-10-5-7-15-6-3-2-4-11(10)15;;/h9-11H,2-8,13H2,1H3,(H,14,16);2*1H. The van der Waals surface area contributed by atoms with Crippen LogP contribution < -0.4 is 11.1 Å². The predicted molar refractivity (Wildman–Crippen MR) is 78.5 cm³/mol. The summed E-state index contributed by atoms with van der Waals surface area (Å²) in [7, 11) is 0. The van der Waals surface area contributed by atoms with E-state index in [-0.39, 0.29) is 36.8 Å². The minimum Gasteiger partial charge on any atom is -0.352 e. The lowest BCUT2D eigenvalue weighted by molar-refractivity contribution is -0.122. The number of piperidine rings is 1. The van der Waals surface area contributed by atoms with Gasteiger partial charge in [0.2, 0.25) is 5.91 Å². The number of fused-ring (bicyclic) bond motifs is 1. The second-order valence-corrected chi connectivity index (χ2v) is 5.24. The summed E-state index contributed by atoms with van der Waals surface area (Å²) in [5.74, 6) is 0.118. The van der Waals surface area contributed by atoms with Gasteiger partial charge in [0, 0.05) is 31.1 Å². The summed E-state index contributed by atoms with van der Waals surface area (Å²) in [5.41, 5.74) is 5.63. The van der Waals surface area contributed by atoms with Gasteiger partial charge in [-0.25, -0.2) is 0 Å². The Bertz CT molecular complexity index is 264. The van der Waals surface area contributed by atoms with E-state index in [1.54, 1.807) is 0 Å². The average Bonchev–Trinajstić information content (AvgIpc) is 2.61. The van der Waals surface area contributed by atoms with Crippen molar-refractivity contribution in [3.05, 3.63) is 0 Å². The molecule has 4 nitrogen and oxygen atoms in total. The molecule has 18 heavy (non-hydrogen) atoms. The molecule has 2 fully saturated rings. The fourth-order valence-electron chi connectivity index (χ4n) is 2.97. The number of hydrogen-bond acceptors (Lipinski definition) is 3. The van der Waals surface area contributed by atoms with E-state index in [2.05, 4.69) is 10.2 Å². The summed E-state index contributed by atoms with van der Waals surface area (Å²) in [6.07, 6.45) is 5.42. The molecule has 0 aliphatic carbocycles. The highest BCUT2D eigenvalue weighted by atomic mass is 35.5. The quantitative estimate of drug-likeness (QED) is 0.826. The monoisotopic (exact) mass is 297 g/mol. The van der Waals surface area contributed by atoms with Crippen LogP contribution in [0.15, 0.2) is 0 Å². The van der Waals surface area contributed by atoms with E-state index in [1.807, 2.05) is 6.92 Å². The zero-order valence-corrected chi connectivity index (χ0v) is 12.6. The van der Waals surface area contributed by atoms with E-state index < -0.39 is 0 Å². The first kappa shape index (κ1) is 18.0. The summed E-state index contributed by atoms with van der Waals surface area (Å²) in [6.45, 7) is 4.24. The van der Waals surface area contributed by atoms with Crippen LogP contribution in [0.3, 0.4) is 0 Å². The van der Waals surface area contributed by atoms with Gasteiger partial charge in [-0.2, -0.15) is 0 Å². The Morgan fingerprint density at radius 1 is 1.33 bits per heavy atom. The van der Waals surface area contributed by atoms with Gasteiger partial charge in [0.15, 0.2) is 0 Å². The minimum absolute atomic E-state index is 0. The maximum atomic E-state index is 11.7. The number of carbonyl (C=O) groups excluding carboxylic acids is 1. The summed E-state index contributed by atoms with van der Waals surface area (Å²) in [5, 5.41) is 3.15. The van der Waals surface area contributed by atoms with Crippen molar-refractivity contribution in [3.63, 3.8) is 0 Å². The van der Waals surface area contributed by atoms with Crippen LogP contribution in [0.5, 0.6) is 0 Å². The molecule has 0 aromatic carbocycles. The molecule has 2 heterocycles. The van der Waals surface area contributed by atoms with Crippen molar-refractivity contribution in [3.8, 4) is 0 Å². The van der Waals surface area contributed by atoms with Gasteiger partial charge in [0.1, 0.15) is 0 Å². The van der Waals surface area contributed by atoms with Gasteiger partial charge in [-0.05, 0) is 32.7 Å². The van der Waals surface area contributed by atoms with E-state index >= 15 is 0 Å². The Morgan fingerprint density at radius 2 is 2.06 bits per heavy atom. The number of amides is 1. The van der Waals surface area contributed by atoms with Crippen LogP contribution in [0.25, 0.3) is 0 Å². The molecule has 6 heteroatoms. The molecule has 0 aromatic rings. The number of halogens is 2. The third-order valence-electron chi connectivity index (χ3n) is 3.71. The largest absolute Gasteiger partial charge is 0.352 e. The average molecular weight is 298 g/mol. The number of rotatable bonds is 3. The van der Waals surface area contributed by atoms with Gasteiger partial charge >= 0.3 is 0 Å². The van der Waals surface area contributed by atoms with Crippen LogP contribution >= 0.6 is 24.8 Å². The number of carbonyl (C=O) groups is 1. The van der Waals surface area contributed by atoms with Gasteiger partial charge in [-0.3, -0.25) is 9.69 Å². The second-order valence-electron chi connectivity index (χ2n) is 5.24. The minimum atomic E-state index is -0.0381. The zero-order valence-electron chi connectivity index (χ0n) is 10.9. The molecule has 2 aliphatic rings. The number of hydrogen-bond donors (Lipinski definition) is 2. The lowest BCUT2D eigenvalue weighted by Gasteiger charge is -2.32. The molecule has 3 N–H and O–H groups in total. The lowest BCUT2D eigenvalue weighted by Crippen LogP contribution is -2.47. The van der Waals surface area contributed by atoms with E-state index in [0.717, 1.165) is 13.0 Å². The Morgan fingerprint density at radius 3 is 2.72 bits per heavy atom. The second kappa shape index (κ2) is 8.20. The molecule has 0 bridgehead atoms. The normalized spacial score (nSPS) is 28.6. The first-order chi connectivity index (χ1) is 7.66.